The average molecular weight is 257 g/mol. The van der Waals surface area contributed by atoms with E-state index in [1.54, 1.807) is 19.0 Å². The van der Waals surface area contributed by atoms with E-state index >= 15 is 0 Å². The molecule has 106 valence electrons. The van der Waals surface area contributed by atoms with Crippen LogP contribution in [-0.2, 0) is 9.59 Å². The highest BCUT2D eigenvalue weighted by molar-refractivity contribution is 5.85. The first-order valence-corrected chi connectivity index (χ1v) is 6.52. The minimum absolute atomic E-state index is 0.0103. The molecular weight excluding hydrogens is 230 g/mol. The molecule has 0 aromatic rings. The van der Waals surface area contributed by atoms with Gasteiger partial charge in [0.05, 0.1) is 12.5 Å². The third-order valence-corrected chi connectivity index (χ3v) is 2.91. The lowest BCUT2D eigenvalue weighted by Crippen LogP contribution is -2.44. The lowest BCUT2D eigenvalue weighted by atomic mass is 9.96. The second-order valence-electron chi connectivity index (χ2n) is 5.20. The molecule has 18 heavy (non-hydrogen) atoms. The van der Waals surface area contributed by atoms with Crippen molar-refractivity contribution in [1.82, 2.24) is 9.80 Å². The van der Waals surface area contributed by atoms with E-state index in [0.717, 1.165) is 6.42 Å². The summed E-state index contributed by atoms with van der Waals surface area (Å²) in [5, 5.41) is 0. The zero-order valence-electron chi connectivity index (χ0n) is 12.3. The second-order valence-corrected chi connectivity index (χ2v) is 5.20. The highest BCUT2D eigenvalue weighted by Crippen LogP contribution is 2.13. The number of amides is 2. The number of hydrogen-bond acceptors (Lipinski definition) is 3. The lowest BCUT2D eigenvalue weighted by molar-refractivity contribution is -0.141. The summed E-state index contributed by atoms with van der Waals surface area (Å²) < 4.78 is 0. The normalized spacial score (nSPS) is 12.4. The fourth-order valence-corrected chi connectivity index (χ4v) is 1.78. The molecule has 0 aromatic heterocycles. The van der Waals surface area contributed by atoms with Crippen LogP contribution < -0.4 is 5.73 Å². The van der Waals surface area contributed by atoms with E-state index in [9.17, 15) is 9.59 Å². The van der Waals surface area contributed by atoms with E-state index in [1.165, 1.54) is 4.90 Å². The Hall–Kier alpha value is -1.10. The Kier molecular flexibility index (Phi) is 7.59. The molecule has 0 aliphatic rings. The molecule has 2 N–H and O–H groups in total. The summed E-state index contributed by atoms with van der Waals surface area (Å²) in [5.74, 6) is 0.167. The van der Waals surface area contributed by atoms with Crippen LogP contribution in [0, 0.1) is 11.8 Å². The molecule has 0 saturated heterocycles. The number of rotatable bonds is 7. The van der Waals surface area contributed by atoms with Gasteiger partial charge >= 0.3 is 0 Å². The zero-order valence-corrected chi connectivity index (χ0v) is 12.3. The van der Waals surface area contributed by atoms with Crippen molar-refractivity contribution >= 4 is 11.8 Å². The van der Waals surface area contributed by atoms with E-state index in [2.05, 4.69) is 13.8 Å². The highest BCUT2D eigenvalue weighted by Gasteiger charge is 2.24. The van der Waals surface area contributed by atoms with Crippen molar-refractivity contribution in [3.8, 4) is 0 Å². The van der Waals surface area contributed by atoms with Gasteiger partial charge in [-0.1, -0.05) is 13.8 Å². The van der Waals surface area contributed by atoms with Crippen LogP contribution >= 0.6 is 0 Å². The number of nitrogens with zero attached hydrogens (tertiary/aromatic N) is 2. The first-order valence-electron chi connectivity index (χ1n) is 6.52. The van der Waals surface area contributed by atoms with E-state index in [0.29, 0.717) is 19.0 Å². The van der Waals surface area contributed by atoms with Crippen LogP contribution in [0.4, 0.5) is 0 Å². The Morgan fingerprint density at radius 3 is 2.11 bits per heavy atom. The fourth-order valence-electron chi connectivity index (χ4n) is 1.78. The molecule has 0 aromatic carbocycles. The Morgan fingerprint density at radius 2 is 1.78 bits per heavy atom. The Balaban J connectivity index is 4.62. The molecule has 0 rings (SSSR count). The maximum atomic E-state index is 12.3. The van der Waals surface area contributed by atoms with Crippen molar-refractivity contribution in [2.75, 3.05) is 33.7 Å². The molecule has 5 nitrogen and oxygen atoms in total. The van der Waals surface area contributed by atoms with E-state index in [4.69, 9.17) is 5.73 Å². The maximum Gasteiger partial charge on any atom is 0.241 e. The Bertz CT molecular complexity index is 277. The Labute approximate surface area is 110 Å². The van der Waals surface area contributed by atoms with Crippen LogP contribution in [-0.4, -0.2) is 55.3 Å². The van der Waals surface area contributed by atoms with E-state index in [1.807, 2.05) is 6.92 Å². The van der Waals surface area contributed by atoms with E-state index in [-0.39, 0.29) is 24.3 Å². The SMILES string of the molecule is CCN(CC(=O)N(C)C)C(=O)C(CN)CC(C)C. The van der Waals surface area contributed by atoms with Gasteiger partial charge in [0.1, 0.15) is 0 Å². The van der Waals surface area contributed by atoms with Gasteiger partial charge in [-0.25, -0.2) is 0 Å². The molecule has 0 spiro atoms. The van der Waals surface area contributed by atoms with Gasteiger partial charge in [0.25, 0.3) is 0 Å². The second kappa shape index (κ2) is 8.08. The first kappa shape index (κ1) is 16.9. The molecule has 0 saturated carbocycles. The third-order valence-electron chi connectivity index (χ3n) is 2.91. The van der Waals surface area contributed by atoms with Gasteiger partial charge < -0.3 is 15.5 Å². The van der Waals surface area contributed by atoms with Crippen molar-refractivity contribution in [3.05, 3.63) is 0 Å². The number of carbonyl (C=O) groups is 2. The predicted molar refractivity (Wildman–Crippen MR) is 72.9 cm³/mol. The number of carbonyl (C=O) groups excluding carboxylic acids is 2. The summed E-state index contributed by atoms with van der Waals surface area (Å²) >= 11 is 0. The largest absolute Gasteiger partial charge is 0.347 e. The van der Waals surface area contributed by atoms with Crippen molar-refractivity contribution in [2.45, 2.75) is 27.2 Å². The van der Waals surface area contributed by atoms with Gasteiger partial charge in [0, 0.05) is 27.2 Å². The fraction of sp³-hybridized carbons (Fsp3) is 0.846. The quantitative estimate of drug-likeness (QED) is 0.724. The van der Waals surface area contributed by atoms with Gasteiger partial charge in [-0.2, -0.15) is 0 Å². The summed E-state index contributed by atoms with van der Waals surface area (Å²) in [6.45, 7) is 7.02. The topological polar surface area (TPSA) is 66.6 Å². The molecule has 5 heteroatoms. The Morgan fingerprint density at radius 1 is 1.22 bits per heavy atom. The van der Waals surface area contributed by atoms with Crippen molar-refractivity contribution in [1.29, 1.82) is 0 Å². The number of hydrogen-bond donors (Lipinski definition) is 1. The molecule has 0 bridgehead atoms. The van der Waals surface area contributed by atoms with Crippen LogP contribution in [0.2, 0.25) is 0 Å². The monoisotopic (exact) mass is 257 g/mol. The van der Waals surface area contributed by atoms with Crippen LogP contribution in [0.5, 0.6) is 0 Å². The third kappa shape index (κ3) is 5.49. The van der Waals surface area contributed by atoms with Crippen LogP contribution in [0.1, 0.15) is 27.2 Å². The summed E-state index contributed by atoms with van der Waals surface area (Å²) in [4.78, 5) is 27.0. The molecule has 2 amide bonds. The van der Waals surface area contributed by atoms with Gasteiger partial charge in [-0.3, -0.25) is 9.59 Å². The van der Waals surface area contributed by atoms with Crippen molar-refractivity contribution in [3.63, 3.8) is 0 Å². The molecular formula is C13H27N3O2. The molecule has 1 unspecified atom stereocenters. The summed E-state index contributed by atoms with van der Waals surface area (Å²) in [5.41, 5.74) is 5.66. The zero-order chi connectivity index (χ0) is 14.3. The van der Waals surface area contributed by atoms with E-state index < -0.39 is 0 Å². The highest BCUT2D eigenvalue weighted by atomic mass is 16.2. The molecule has 0 fully saturated rings. The van der Waals surface area contributed by atoms with Crippen LogP contribution in [0.15, 0.2) is 0 Å². The van der Waals surface area contributed by atoms with Crippen molar-refractivity contribution in [2.24, 2.45) is 17.6 Å². The first-order chi connectivity index (χ1) is 8.33. The molecule has 1 atom stereocenters. The number of nitrogens with two attached hydrogens (primary N) is 1. The summed E-state index contributed by atoms with van der Waals surface area (Å²) in [7, 11) is 3.38. The minimum Gasteiger partial charge on any atom is -0.347 e. The molecule has 0 heterocycles. The number of likely N-dealkylation sites (N-methyl/N-ethyl adjacent to an activating group) is 2. The lowest BCUT2D eigenvalue weighted by Gasteiger charge is -2.27. The smallest absolute Gasteiger partial charge is 0.241 e. The molecule has 0 radical (unpaired) electrons. The van der Waals surface area contributed by atoms with Gasteiger partial charge in [0.15, 0.2) is 0 Å². The standard InChI is InChI=1S/C13H27N3O2/c1-6-16(9-12(17)15(4)5)13(18)11(8-14)7-10(2)3/h10-11H,6-9,14H2,1-5H3. The maximum absolute atomic E-state index is 12.3. The van der Waals surface area contributed by atoms with Gasteiger partial charge in [0.2, 0.25) is 11.8 Å². The molecule has 0 aliphatic heterocycles. The van der Waals surface area contributed by atoms with Gasteiger partial charge in [-0.15, -0.1) is 0 Å². The van der Waals surface area contributed by atoms with Crippen LogP contribution in [0.25, 0.3) is 0 Å². The molecule has 0 aliphatic carbocycles. The van der Waals surface area contributed by atoms with Gasteiger partial charge in [-0.05, 0) is 19.3 Å². The summed E-state index contributed by atoms with van der Waals surface area (Å²) in [6, 6.07) is 0. The summed E-state index contributed by atoms with van der Waals surface area (Å²) in [6.07, 6.45) is 0.766. The van der Waals surface area contributed by atoms with Crippen molar-refractivity contribution < 1.29 is 9.59 Å². The van der Waals surface area contributed by atoms with Crippen LogP contribution in [0.3, 0.4) is 0 Å². The minimum atomic E-state index is -0.181. The predicted octanol–water partition coefficient (Wildman–Crippen LogP) is 0.544. The average Bonchev–Trinajstić information content (AvgIpc) is 2.31.